The maximum absolute atomic E-state index is 13.2. The van der Waals surface area contributed by atoms with Gasteiger partial charge in [0.2, 0.25) is 0 Å². The minimum atomic E-state index is -3.21. The Bertz CT molecular complexity index is 961. The van der Waals surface area contributed by atoms with Crippen LogP contribution in [0, 0.1) is 0 Å². The van der Waals surface area contributed by atoms with E-state index >= 15 is 0 Å². The number of ether oxygens (including phenoxy) is 1. The smallest absolute Gasteiger partial charge is 0.329 e. The van der Waals surface area contributed by atoms with Gasteiger partial charge in [-0.15, -0.1) is 0 Å². The van der Waals surface area contributed by atoms with Crippen molar-refractivity contribution in [3.63, 3.8) is 0 Å². The number of urea groups is 1. The van der Waals surface area contributed by atoms with Gasteiger partial charge < -0.3 is 4.74 Å². The molecule has 0 aromatic heterocycles. The number of hydrogen-bond donors (Lipinski definition) is 0. The second-order valence-corrected chi connectivity index (χ2v) is 9.48. The van der Waals surface area contributed by atoms with Crippen LogP contribution in [-0.4, -0.2) is 45.1 Å². The summed E-state index contributed by atoms with van der Waals surface area (Å²) in [6, 6.07) is 13.4. The van der Waals surface area contributed by atoms with Gasteiger partial charge in [-0.05, 0) is 42.5 Å². The molecule has 2 aromatic rings. The molecule has 0 bridgehead atoms. The van der Waals surface area contributed by atoms with Crippen LogP contribution >= 0.6 is 15.9 Å². The van der Waals surface area contributed by atoms with Crippen LogP contribution in [0.4, 0.5) is 16.2 Å². The van der Waals surface area contributed by atoms with Crippen molar-refractivity contribution < 1.29 is 17.9 Å². The van der Waals surface area contributed by atoms with E-state index in [4.69, 9.17) is 4.74 Å². The van der Waals surface area contributed by atoms with Crippen molar-refractivity contribution in [3.05, 3.63) is 53.0 Å². The van der Waals surface area contributed by atoms with Crippen LogP contribution in [0.15, 0.2) is 53.0 Å². The van der Waals surface area contributed by atoms with Gasteiger partial charge in [0.1, 0.15) is 5.75 Å². The Morgan fingerprint density at radius 1 is 1.00 bits per heavy atom. The number of carbonyl (C=O) groups excluding carboxylic acids is 1. The van der Waals surface area contributed by atoms with Crippen LogP contribution < -0.4 is 14.5 Å². The maximum Gasteiger partial charge on any atom is 0.329 e. The third kappa shape index (κ3) is 2.87. The van der Waals surface area contributed by atoms with Crippen LogP contribution in [0.3, 0.4) is 0 Å². The zero-order valence-corrected chi connectivity index (χ0v) is 16.4. The van der Waals surface area contributed by atoms with Crippen LogP contribution in [0.2, 0.25) is 0 Å². The molecule has 26 heavy (non-hydrogen) atoms. The number of carbonyl (C=O) groups is 1. The molecule has 0 saturated carbocycles. The quantitative estimate of drug-likeness (QED) is 0.693. The SMILES string of the molecule is COc1ccc(N2C(=O)N(c3cccc(Br)c3)[C@H]3CS(=O)(=O)C[C@H]32)cc1. The second kappa shape index (κ2) is 6.28. The molecule has 0 unspecified atom stereocenters. The van der Waals surface area contributed by atoms with E-state index in [0.717, 1.165) is 4.47 Å². The lowest BCUT2D eigenvalue weighted by molar-refractivity contribution is 0.255. The fourth-order valence-corrected chi connectivity index (χ4v) is 5.98. The van der Waals surface area contributed by atoms with Crippen molar-refractivity contribution in [1.82, 2.24) is 0 Å². The predicted octanol–water partition coefficient (Wildman–Crippen LogP) is 3.07. The molecule has 2 aliphatic heterocycles. The largest absolute Gasteiger partial charge is 0.497 e. The van der Waals surface area contributed by atoms with E-state index in [0.29, 0.717) is 17.1 Å². The molecule has 2 aromatic carbocycles. The van der Waals surface area contributed by atoms with Gasteiger partial charge in [0, 0.05) is 15.8 Å². The number of amides is 2. The first-order chi connectivity index (χ1) is 12.4. The van der Waals surface area contributed by atoms with Crippen molar-refractivity contribution in [3.8, 4) is 5.75 Å². The highest BCUT2D eigenvalue weighted by Gasteiger charge is 2.54. The Kier molecular flexibility index (Phi) is 4.19. The Morgan fingerprint density at radius 2 is 1.62 bits per heavy atom. The summed E-state index contributed by atoms with van der Waals surface area (Å²) in [6.45, 7) is 0. The summed E-state index contributed by atoms with van der Waals surface area (Å²) in [5.41, 5.74) is 1.35. The third-order valence-electron chi connectivity index (χ3n) is 4.81. The number of fused-ring (bicyclic) bond motifs is 1. The van der Waals surface area contributed by atoms with Crippen LogP contribution in [0.5, 0.6) is 5.75 Å². The van der Waals surface area contributed by atoms with Crippen molar-refractivity contribution in [1.29, 1.82) is 0 Å². The average molecular weight is 437 g/mol. The summed E-state index contributed by atoms with van der Waals surface area (Å²) in [7, 11) is -1.63. The van der Waals surface area contributed by atoms with E-state index in [2.05, 4.69) is 15.9 Å². The van der Waals surface area contributed by atoms with Gasteiger partial charge in [-0.1, -0.05) is 22.0 Å². The number of methoxy groups -OCH3 is 1. The maximum atomic E-state index is 13.2. The molecule has 2 aliphatic rings. The topological polar surface area (TPSA) is 66.9 Å². The van der Waals surface area contributed by atoms with Gasteiger partial charge in [0.15, 0.2) is 9.84 Å². The van der Waals surface area contributed by atoms with Crippen molar-refractivity contribution >= 4 is 43.2 Å². The first-order valence-corrected chi connectivity index (χ1v) is 10.7. The Labute approximate surface area is 160 Å². The average Bonchev–Trinajstić information content (AvgIpc) is 3.03. The lowest BCUT2D eigenvalue weighted by Gasteiger charge is -2.23. The van der Waals surface area contributed by atoms with E-state index in [1.54, 1.807) is 41.2 Å². The summed E-state index contributed by atoms with van der Waals surface area (Å²) < 4.78 is 30.6. The van der Waals surface area contributed by atoms with Crippen molar-refractivity contribution in [2.75, 3.05) is 28.4 Å². The van der Waals surface area contributed by atoms with Crippen molar-refractivity contribution in [2.45, 2.75) is 12.1 Å². The number of benzene rings is 2. The Morgan fingerprint density at radius 3 is 2.19 bits per heavy atom. The molecule has 2 amide bonds. The molecule has 0 N–H and O–H groups in total. The second-order valence-electron chi connectivity index (χ2n) is 6.41. The van der Waals surface area contributed by atoms with E-state index < -0.39 is 21.9 Å². The highest BCUT2D eigenvalue weighted by atomic mass is 79.9. The molecule has 2 saturated heterocycles. The first kappa shape index (κ1) is 17.4. The van der Waals surface area contributed by atoms with E-state index in [1.807, 2.05) is 24.3 Å². The minimum Gasteiger partial charge on any atom is -0.497 e. The van der Waals surface area contributed by atoms with Gasteiger partial charge >= 0.3 is 6.03 Å². The molecule has 0 spiro atoms. The zero-order chi connectivity index (χ0) is 18.5. The predicted molar refractivity (Wildman–Crippen MR) is 104 cm³/mol. The number of sulfone groups is 1. The summed E-state index contributed by atoms with van der Waals surface area (Å²) >= 11 is 3.42. The van der Waals surface area contributed by atoms with Crippen LogP contribution in [0.25, 0.3) is 0 Å². The van der Waals surface area contributed by atoms with Crippen molar-refractivity contribution in [2.24, 2.45) is 0 Å². The van der Waals surface area contributed by atoms with Gasteiger partial charge in [0.05, 0.1) is 30.7 Å². The number of rotatable bonds is 3. The molecule has 136 valence electrons. The lowest BCUT2D eigenvalue weighted by Crippen LogP contribution is -2.37. The van der Waals surface area contributed by atoms with Gasteiger partial charge in [-0.25, -0.2) is 13.2 Å². The molecule has 2 atom stereocenters. The summed E-state index contributed by atoms with van der Waals surface area (Å²) in [4.78, 5) is 16.4. The fraction of sp³-hybridized carbons (Fsp3) is 0.278. The molecule has 4 rings (SSSR count). The van der Waals surface area contributed by atoms with Gasteiger partial charge in [0.25, 0.3) is 0 Å². The van der Waals surface area contributed by atoms with Gasteiger partial charge in [-0.2, -0.15) is 0 Å². The molecule has 2 heterocycles. The standard InChI is InChI=1S/C18H17BrN2O4S/c1-25-15-7-5-13(6-8-15)20-16-10-26(23,24)11-17(16)21(18(20)22)14-4-2-3-12(19)9-14/h2-9,16-17H,10-11H2,1H3/t16-,17+/m1/s1. The number of nitrogens with zero attached hydrogens (tertiary/aromatic N) is 2. The van der Waals surface area contributed by atoms with E-state index in [-0.39, 0.29) is 17.5 Å². The van der Waals surface area contributed by atoms with Crippen LogP contribution in [-0.2, 0) is 9.84 Å². The minimum absolute atomic E-state index is 0.0252. The Balaban J connectivity index is 1.78. The van der Waals surface area contributed by atoms with E-state index in [1.165, 1.54) is 0 Å². The summed E-state index contributed by atoms with van der Waals surface area (Å²) in [5, 5.41) is 0. The third-order valence-corrected chi connectivity index (χ3v) is 7.00. The molecule has 0 radical (unpaired) electrons. The monoisotopic (exact) mass is 436 g/mol. The first-order valence-electron chi connectivity index (χ1n) is 8.12. The Hall–Kier alpha value is -2.06. The number of halogens is 1. The molecule has 6 nitrogen and oxygen atoms in total. The van der Waals surface area contributed by atoms with Crippen LogP contribution in [0.1, 0.15) is 0 Å². The molecule has 0 aliphatic carbocycles. The normalized spacial score (nSPS) is 24.0. The number of hydrogen-bond acceptors (Lipinski definition) is 4. The fourth-order valence-electron chi connectivity index (χ4n) is 3.68. The number of anilines is 2. The summed E-state index contributed by atoms with van der Waals surface area (Å²) in [5.74, 6) is 0.627. The molecule has 8 heteroatoms. The highest BCUT2D eigenvalue weighted by molar-refractivity contribution is 9.10. The molecule has 2 fully saturated rings. The van der Waals surface area contributed by atoms with Gasteiger partial charge in [-0.3, -0.25) is 9.80 Å². The lowest BCUT2D eigenvalue weighted by atomic mass is 10.1. The molecular formula is C18H17BrN2O4S. The van der Waals surface area contributed by atoms with E-state index in [9.17, 15) is 13.2 Å². The molecular weight excluding hydrogens is 420 g/mol. The summed E-state index contributed by atoms with van der Waals surface area (Å²) in [6.07, 6.45) is 0. The highest BCUT2D eigenvalue weighted by Crippen LogP contribution is 2.38. The zero-order valence-electron chi connectivity index (χ0n) is 14.0.